The molecule has 0 fully saturated rings. The monoisotopic (exact) mass is 322 g/mol. The third kappa shape index (κ3) is 2.03. The summed E-state index contributed by atoms with van der Waals surface area (Å²) in [5.74, 6) is 0.314. The molecule has 0 unspecified atom stereocenters. The van der Waals surface area contributed by atoms with E-state index in [4.69, 9.17) is 0 Å². The van der Waals surface area contributed by atoms with Crippen LogP contribution in [0.2, 0.25) is 0 Å². The Morgan fingerprint density at radius 1 is 1.04 bits per heavy atom. The van der Waals surface area contributed by atoms with E-state index in [0.29, 0.717) is 27.8 Å². The van der Waals surface area contributed by atoms with Crippen molar-refractivity contribution in [3.8, 4) is 5.95 Å². The summed E-state index contributed by atoms with van der Waals surface area (Å²) < 4.78 is 2.96. The molecule has 4 rings (SSSR count). The van der Waals surface area contributed by atoms with Gasteiger partial charge in [-0.25, -0.2) is 10.1 Å². The molecule has 0 aliphatic rings. The van der Waals surface area contributed by atoms with Crippen molar-refractivity contribution >= 4 is 21.8 Å². The maximum atomic E-state index is 12.7. The molecule has 4 aromatic heterocycles. The molecule has 0 aliphatic heterocycles. The van der Waals surface area contributed by atoms with Gasteiger partial charge in [0, 0.05) is 18.4 Å². The molecule has 1 N–H and O–H groups in total. The van der Waals surface area contributed by atoms with Crippen LogP contribution in [-0.2, 0) is 0 Å². The molecule has 120 valence electrons. The molecule has 0 bridgehead atoms. The van der Waals surface area contributed by atoms with Gasteiger partial charge < -0.3 is 4.57 Å². The first-order valence-electron chi connectivity index (χ1n) is 7.49. The molecule has 8 heteroatoms. The zero-order chi connectivity index (χ0) is 16.8. The van der Waals surface area contributed by atoms with E-state index >= 15 is 0 Å². The maximum absolute atomic E-state index is 12.7. The number of nitrogens with zero attached hydrogens (tertiary/aromatic N) is 5. The summed E-state index contributed by atoms with van der Waals surface area (Å²) in [4.78, 5) is 33.8. The molecule has 8 nitrogen and oxygen atoms in total. The zero-order valence-corrected chi connectivity index (χ0v) is 13.1. The van der Waals surface area contributed by atoms with E-state index in [1.165, 1.54) is 10.9 Å². The highest BCUT2D eigenvalue weighted by Crippen LogP contribution is 2.15. The quantitative estimate of drug-likeness (QED) is 0.562. The van der Waals surface area contributed by atoms with Crippen molar-refractivity contribution in [2.75, 3.05) is 0 Å². The van der Waals surface area contributed by atoms with Crippen LogP contribution in [0.5, 0.6) is 0 Å². The summed E-state index contributed by atoms with van der Waals surface area (Å²) in [6.45, 7) is 3.86. The second-order valence-corrected chi connectivity index (χ2v) is 5.78. The van der Waals surface area contributed by atoms with Crippen LogP contribution in [0.3, 0.4) is 0 Å². The van der Waals surface area contributed by atoms with Gasteiger partial charge >= 0.3 is 0 Å². The van der Waals surface area contributed by atoms with Gasteiger partial charge in [-0.1, -0.05) is 0 Å². The highest BCUT2D eigenvalue weighted by Gasteiger charge is 2.12. The minimum absolute atomic E-state index is 0.0271. The molecule has 0 spiro atoms. The number of nitrogens with one attached hydrogen (secondary N) is 1. The van der Waals surface area contributed by atoms with Crippen LogP contribution in [0, 0.1) is 0 Å². The maximum Gasteiger partial charge on any atom is 0.266 e. The summed E-state index contributed by atoms with van der Waals surface area (Å²) in [6, 6.07) is 5.14. The normalized spacial score (nSPS) is 11.6. The van der Waals surface area contributed by atoms with Crippen molar-refractivity contribution in [3.63, 3.8) is 0 Å². The molecule has 24 heavy (non-hydrogen) atoms. The number of hydrogen-bond donors (Lipinski definition) is 1. The van der Waals surface area contributed by atoms with E-state index in [1.807, 2.05) is 13.8 Å². The van der Waals surface area contributed by atoms with E-state index in [2.05, 4.69) is 20.2 Å². The lowest BCUT2D eigenvalue weighted by molar-refractivity contribution is 0.582. The van der Waals surface area contributed by atoms with Gasteiger partial charge in [-0.15, -0.1) is 0 Å². The fraction of sp³-hybridized carbons (Fsp3) is 0.188. The van der Waals surface area contributed by atoms with Crippen molar-refractivity contribution < 1.29 is 0 Å². The molecular weight excluding hydrogens is 308 g/mol. The summed E-state index contributed by atoms with van der Waals surface area (Å²) in [5, 5.41) is 7.18. The van der Waals surface area contributed by atoms with Gasteiger partial charge in [-0.2, -0.15) is 10.1 Å². The van der Waals surface area contributed by atoms with Gasteiger partial charge in [0.25, 0.3) is 11.1 Å². The van der Waals surface area contributed by atoms with E-state index in [1.54, 1.807) is 35.2 Å². The molecule has 0 aliphatic carbocycles. The van der Waals surface area contributed by atoms with E-state index in [9.17, 15) is 9.59 Å². The smallest absolute Gasteiger partial charge is 0.266 e. The SMILES string of the molecule is CC(C)n1ccc2nc3ccn(-c4ncn[nH]4)c(=O)c3cc2c1=O. The number of aromatic amines is 1. The molecule has 0 saturated carbocycles. The van der Waals surface area contributed by atoms with Gasteiger partial charge in [-0.05, 0) is 32.0 Å². The summed E-state index contributed by atoms with van der Waals surface area (Å²) >= 11 is 0. The van der Waals surface area contributed by atoms with E-state index in [0.717, 1.165) is 0 Å². The van der Waals surface area contributed by atoms with Gasteiger partial charge in [0.15, 0.2) is 0 Å². The van der Waals surface area contributed by atoms with Crippen molar-refractivity contribution in [1.82, 2.24) is 29.3 Å². The Hall–Kier alpha value is -3.29. The van der Waals surface area contributed by atoms with E-state index in [-0.39, 0.29) is 17.2 Å². The van der Waals surface area contributed by atoms with Crippen molar-refractivity contribution in [2.24, 2.45) is 0 Å². The summed E-state index contributed by atoms with van der Waals surface area (Å²) in [6.07, 6.45) is 4.63. The van der Waals surface area contributed by atoms with Gasteiger partial charge in [0.2, 0.25) is 5.95 Å². The number of hydrogen-bond acceptors (Lipinski definition) is 5. The molecular formula is C16H14N6O2. The summed E-state index contributed by atoms with van der Waals surface area (Å²) in [7, 11) is 0. The lowest BCUT2D eigenvalue weighted by Crippen LogP contribution is -2.23. The van der Waals surface area contributed by atoms with Crippen LogP contribution in [0.25, 0.3) is 27.8 Å². The van der Waals surface area contributed by atoms with Crippen LogP contribution >= 0.6 is 0 Å². The first-order valence-corrected chi connectivity index (χ1v) is 7.49. The van der Waals surface area contributed by atoms with Crippen LogP contribution in [0.4, 0.5) is 0 Å². The molecule has 0 amide bonds. The minimum Gasteiger partial charge on any atom is -0.312 e. The second kappa shape index (κ2) is 5.12. The Morgan fingerprint density at radius 3 is 2.42 bits per heavy atom. The molecule has 0 atom stereocenters. The Labute approximate surface area is 135 Å². The Morgan fingerprint density at radius 2 is 1.75 bits per heavy atom. The van der Waals surface area contributed by atoms with Crippen LogP contribution < -0.4 is 11.1 Å². The van der Waals surface area contributed by atoms with Gasteiger partial charge in [0.05, 0.1) is 21.8 Å². The van der Waals surface area contributed by atoms with Crippen LogP contribution in [0.1, 0.15) is 19.9 Å². The molecule has 0 saturated heterocycles. The number of H-pyrrole nitrogens is 1. The number of rotatable bonds is 2. The molecule has 0 radical (unpaired) electrons. The third-order valence-electron chi connectivity index (χ3n) is 3.96. The standard InChI is InChI=1S/C16H14N6O2/c1-9(2)21-5-3-12-10(14(21)23)7-11-13(19-12)4-6-22(15(11)24)16-17-8-18-20-16/h3-9H,1-2H3,(H,17,18,20). The predicted octanol–water partition coefficient (Wildman–Crippen LogP) is 1.40. The predicted molar refractivity (Wildman–Crippen MR) is 89.4 cm³/mol. The summed E-state index contributed by atoms with van der Waals surface area (Å²) in [5.41, 5.74) is 0.635. The number of fused-ring (bicyclic) bond motifs is 2. The molecule has 4 aromatic rings. The topological polar surface area (TPSA) is 98.5 Å². The molecule has 0 aromatic carbocycles. The Kier molecular flexibility index (Phi) is 3.05. The van der Waals surface area contributed by atoms with Crippen LogP contribution in [-0.4, -0.2) is 29.3 Å². The Bertz CT molecular complexity index is 1170. The van der Waals surface area contributed by atoms with Crippen molar-refractivity contribution in [1.29, 1.82) is 0 Å². The van der Waals surface area contributed by atoms with Gasteiger partial charge in [-0.3, -0.25) is 14.2 Å². The van der Waals surface area contributed by atoms with Crippen LogP contribution in [0.15, 0.2) is 46.5 Å². The minimum atomic E-state index is -0.307. The first kappa shape index (κ1) is 14.3. The Balaban J connectivity index is 2.08. The lowest BCUT2D eigenvalue weighted by atomic mass is 10.2. The number of aromatic nitrogens is 6. The molecule has 4 heterocycles. The average Bonchev–Trinajstić information content (AvgIpc) is 3.08. The second-order valence-electron chi connectivity index (χ2n) is 5.78. The highest BCUT2D eigenvalue weighted by atomic mass is 16.1. The average molecular weight is 322 g/mol. The van der Waals surface area contributed by atoms with E-state index < -0.39 is 0 Å². The number of pyridine rings is 3. The third-order valence-corrected chi connectivity index (χ3v) is 3.96. The van der Waals surface area contributed by atoms with Crippen molar-refractivity contribution in [2.45, 2.75) is 19.9 Å². The lowest BCUT2D eigenvalue weighted by Gasteiger charge is -2.11. The largest absolute Gasteiger partial charge is 0.312 e. The van der Waals surface area contributed by atoms with Crippen molar-refractivity contribution in [3.05, 3.63) is 57.6 Å². The fourth-order valence-corrected chi connectivity index (χ4v) is 2.73. The highest BCUT2D eigenvalue weighted by molar-refractivity contribution is 5.91. The first-order chi connectivity index (χ1) is 11.6. The fourth-order valence-electron chi connectivity index (χ4n) is 2.73. The van der Waals surface area contributed by atoms with Gasteiger partial charge in [0.1, 0.15) is 6.33 Å². The zero-order valence-electron chi connectivity index (χ0n) is 13.1.